The Hall–Kier alpha value is -3.03. The summed E-state index contributed by atoms with van der Waals surface area (Å²) in [6.45, 7) is 1.22. The van der Waals surface area contributed by atoms with Crippen LogP contribution in [0.25, 0.3) is 0 Å². The highest BCUT2D eigenvalue weighted by molar-refractivity contribution is 6.30. The van der Waals surface area contributed by atoms with Crippen molar-refractivity contribution in [2.45, 2.75) is 26.0 Å². The minimum Gasteiger partial charge on any atom is -0.488 e. The summed E-state index contributed by atoms with van der Waals surface area (Å²) in [4.78, 5) is 17.2. The average Bonchev–Trinajstić information content (AvgIpc) is 2.74. The Balaban J connectivity index is 1.58. The van der Waals surface area contributed by atoms with Gasteiger partial charge in [0.05, 0.1) is 18.1 Å². The van der Waals surface area contributed by atoms with Gasteiger partial charge in [-0.3, -0.25) is 4.98 Å². The average molecular weight is 477 g/mol. The van der Waals surface area contributed by atoms with Crippen LogP contribution in [0.1, 0.15) is 23.1 Å². The number of pyridine rings is 1. The van der Waals surface area contributed by atoms with E-state index >= 15 is 0 Å². The molecule has 2 heterocycles. The number of fused-ring (bicyclic) bond motifs is 1. The molecule has 0 spiro atoms. The van der Waals surface area contributed by atoms with Crippen LogP contribution in [0.4, 0.5) is 14.9 Å². The maximum Gasteiger partial charge on any atom is 0.511 e. The van der Waals surface area contributed by atoms with E-state index in [4.69, 9.17) is 37.8 Å². The molecule has 1 aliphatic heterocycles. The van der Waals surface area contributed by atoms with E-state index < -0.39 is 12.0 Å². The van der Waals surface area contributed by atoms with Crippen LogP contribution < -0.4 is 14.4 Å². The summed E-state index contributed by atoms with van der Waals surface area (Å²) < 4.78 is 24.9. The quantitative estimate of drug-likeness (QED) is 0.432. The lowest BCUT2D eigenvalue weighted by atomic mass is 10.0. The maximum atomic E-state index is 14.1. The van der Waals surface area contributed by atoms with E-state index in [0.717, 1.165) is 29.8 Å². The van der Waals surface area contributed by atoms with Gasteiger partial charge in [0.1, 0.15) is 18.2 Å². The summed E-state index contributed by atoms with van der Waals surface area (Å²) in [5, 5.41) is 9.86. The second kappa shape index (κ2) is 9.63. The van der Waals surface area contributed by atoms with Crippen LogP contribution in [0, 0.1) is 5.82 Å². The van der Waals surface area contributed by atoms with E-state index in [2.05, 4.69) is 9.88 Å². The number of carboxylic acid groups (broad SMARTS) is 1. The van der Waals surface area contributed by atoms with Gasteiger partial charge in [0, 0.05) is 39.8 Å². The second-order valence-electron chi connectivity index (χ2n) is 7.30. The fraction of sp³-hybridized carbons (Fsp3) is 0.217. The zero-order valence-electron chi connectivity index (χ0n) is 16.9. The van der Waals surface area contributed by atoms with Crippen molar-refractivity contribution in [1.82, 2.24) is 4.98 Å². The Morgan fingerprint density at radius 2 is 1.88 bits per heavy atom. The first-order chi connectivity index (χ1) is 15.4. The van der Waals surface area contributed by atoms with Crippen molar-refractivity contribution < 1.29 is 23.8 Å². The van der Waals surface area contributed by atoms with Crippen molar-refractivity contribution in [3.05, 3.63) is 81.3 Å². The summed E-state index contributed by atoms with van der Waals surface area (Å²) in [6.07, 6.45) is 3.23. The number of anilines is 1. The third-order valence-electron chi connectivity index (χ3n) is 5.17. The first-order valence-electron chi connectivity index (χ1n) is 9.88. The number of ether oxygens (including phenoxy) is 2. The highest BCUT2D eigenvalue weighted by Gasteiger charge is 2.23. The normalized spacial score (nSPS) is 12.9. The predicted octanol–water partition coefficient (Wildman–Crippen LogP) is 6.12. The topological polar surface area (TPSA) is 71.9 Å². The zero-order valence-corrected chi connectivity index (χ0v) is 18.4. The van der Waals surface area contributed by atoms with E-state index in [0.29, 0.717) is 34.3 Å². The van der Waals surface area contributed by atoms with Crippen LogP contribution in [0.5, 0.6) is 11.5 Å². The highest BCUT2D eigenvalue weighted by Crippen LogP contribution is 2.36. The number of rotatable bonds is 6. The first-order valence-corrected chi connectivity index (χ1v) is 10.6. The van der Waals surface area contributed by atoms with Gasteiger partial charge in [-0.05, 0) is 43.2 Å². The number of nitrogens with zero attached hydrogens (tertiary/aromatic N) is 2. The number of aromatic nitrogens is 1. The number of carbonyl (C=O) groups is 1. The molecule has 166 valence electrons. The van der Waals surface area contributed by atoms with E-state index in [-0.39, 0.29) is 12.4 Å². The van der Waals surface area contributed by atoms with E-state index in [9.17, 15) is 9.18 Å². The lowest BCUT2D eigenvalue weighted by Gasteiger charge is -2.32. The number of hydrogen-bond donors (Lipinski definition) is 1. The third kappa shape index (κ3) is 5.06. The molecule has 4 rings (SSSR count). The predicted molar refractivity (Wildman–Crippen MR) is 119 cm³/mol. The summed E-state index contributed by atoms with van der Waals surface area (Å²) in [7, 11) is 0. The molecule has 0 amide bonds. The largest absolute Gasteiger partial charge is 0.511 e. The Morgan fingerprint density at radius 1 is 1.09 bits per heavy atom. The summed E-state index contributed by atoms with van der Waals surface area (Å²) in [6, 6.07) is 9.71. The zero-order chi connectivity index (χ0) is 22.7. The van der Waals surface area contributed by atoms with Crippen LogP contribution in [-0.4, -0.2) is 22.8 Å². The van der Waals surface area contributed by atoms with Crippen LogP contribution in [-0.2, 0) is 19.6 Å². The van der Waals surface area contributed by atoms with Crippen molar-refractivity contribution >= 4 is 35.0 Å². The molecule has 0 bridgehead atoms. The Labute approximate surface area is 194 Å². The first kappa shape index (κ1) is 22.2. The van der Waals surface area contributed by atoms with E-state index in [1.54, 1.807) is 36.5 Å². The Kier molecular flexibility index (Phi) is 6.67. The van der Waals surface area contributed by atoms with Crippen molar-refractivity contribution in [2.75, 3.05) is 11.4 Å². The van der Waals surface area contributed by atoms with Crippen LogP contribution >= 0.6 is 23.2 Å². The molecule has 0 aliphatic carbocycles. The van der Waals surface area contributed by atoms with Gasteiger partial charge in [0.15, 0.2) is 5.75 Å². The van der Waals surface area contributed by atoms with Crippen LogP contribution in [0.15, 0.2) is 48.8 Å². The molecule has 0 saturated carbocycles. The highest BCUT2D eigenvalue weighted by atomic mass is 35.5. The van der Waals surface area contributed by atoms with Crippen molar-refractivity contribution in [1.29, 1.82) is 0 Å². The molecule has 32 heavy (non-hydrogen) atoms. The SMILES string of the molecule is O=C(O)Oc1cncc2c1CCCN2Cc1cc(Cl)ccc1OCc1ccc(Cl)cc1F. The number of hydrogen-bond acceptors (Lipinski definition) is 5. The molecular formula is C23H19Cl2FN2O4. The molecule has 1 N–H and O–H groups in total. The lowest BCUT2D eigenvalue weighted by Crippen LogP contribution is -2.29. The van der Waals surface area contributed by atoms with Crippen molar-refractivity contribution in [2.24, 2.45) is 0 Å². The van der Waals surface area contributed by atoms with Gasteiger partial charge in [0.25, 0.3) is 0 Å². The standard InChI is InChI=1S/C23H19Cl2FN2O4/c24-16-5-6-21(31-13-14-3-4-17(25)9-19(14)26)15(8-16)12-28-7-1-2-18-20(28)10-27-11-22(18)32-23(29)30/h3-6,8-11H,1-2,7,12-13H2,(H,29,30). The minimum absolute atomic E-state index is 0.0341. The molecule has 9 heteroatoms. The molecule has 2 aromatic carbocycles. The van der Waals surface area contributed by atoms with Gasteiger partial charge in [-0.1, -0.05) is 29.3 Å². The molecule has 0 atom stereocenters. The molecule has 1 aromatic heterocycles. The second-order valence-corrected chi connectivity index (χ2v) is 8.18. The molecule has 0 fully saturated rings. The fourth-order valence-electron chi connectivity index (χ4n) is 3.71. The van der Waals surface area contributed by atoms with Gasteiger partial charge in [-0.25, -0.2) is 9.18 Å². The lowest BCUT2D eigenvalue weighted by molar-refractivity contribution is 0.144. The Morgan fingerprint density at radius 3 is 2.66 bits per heavy atom. The molecule has 0 radical (unpaired) electrons. The third-order valence-corrected chi connectivity index (χ3v) is 5.64. The fourth-order valence-corrected chi connectivity index (χ4v) is 4.06. The number of benzene rings is 2. The maximum absolute atomic E-state index is 14.1. The Bertz CT molecular complexity index is 1160. The molecular weight excluding hydrogens is 458 g/mol. The summed E-state index contributed by atoms with van der Waals surface area (Å²) in [5.41, 5.74) is 2.79. The molecule has 1 aliphatic rings. The van der Waals surface area contributed by atoms with Gasteiger partial charge in [-0.15, -0.1) is 0 Å². The smallest absolute Gasteiger partial charge is 0.488 e. The molecule has 0 unspecified atom stereocenters. The summed E-state index contributed by atoms with van der Waals surface area (Å²) in [5.74, 6) is 0.372. The monoisotopic (exact) mass is 476 g/mol. The van der Waals surface area contributed by atoms with Gasteiger partial charge in [-0.2, -0.15) is 0 Å². The van der Waals surface area contributed by atoms with Crippen LogP contribution in [0.2, 0.25) is 10.0 Å². The van der Waals surface area contributed by atoms with Crippen molar-refractivity contribution in [3.8, 4) is 11.5 Å². The molecule has 0 saturated heterocycles. The number of halogens is 3. The van der Waals surface area contributed by atoms with E-state index in [1.807, 2.05) is 0 Å². The van der Waals surface area contributed by atoms with E-state index in [1.165, 1.54) is 12.3 Å². The molecule has 6 nitrogen and oxygen atoms in total. The van der Waals surface area contributed by atoms with Crippen LogP contribution in [0.3, 0.4) is 0 Å². The van der Waals surface area contributed by atoms with Crippen molar-refractivity contribution in [3.63, 3.8) is 0 Å². The van der Waals surface area contributed by atoms with Gasteiger partial charge in [0.2, 0.25) is 0 Å². The summed E-state index contributed by atoms with van der Waals surface area (Å²) >= 11 is 12.0. The van der Waals surface area contributed by atoms with Gasteiger partial charge >= 0.3 is 6.16 Å². The molecule has 3 aromatic rings. The van der Waals surface area contributed by atoms with Gasteiger partial charge < -0.3 is 19.5 Å². The minimum atomic E-state index is -1.38.